The highest BCUT2D eigenvalue weighted by atomic mass is 32.1. The molecule has 3 rings (SSSR count). The van der Waals surface area contributed by atoms with E-state index in [2.05, 4.69) is 5.32 Å². The van der Waals surface area contributed by atoms with Crippen molar-refractivity contribution in [2.75, 3.05) is 31.6 Å². The van der Waals surface area contributed by atoms with E-state index in [-0.39, 0.29) is 11.9 Å². The van der Waals surface area contributed by atoms with Crippen LogP contribution in [-0.2, 0) is 22.4 Å². The number of carbonyl (C=O) groups excluding carboxylic acids is 2. The van der Waals surface area contributed by atoms with Crippen LogP contribution in [0.1, 0.15) is 72.7 Å². The van der Waals surface area contributed by atoms with E-state index >= 15 is 0 Å². The van der Waals surface area contributed by atoms with E-state index in [0.29, 0.717) is 23.6 Å². The number of thiophene rings is 1. The van der Waals surface area contributed by atoms with Crippen LogP contribution in [0.2, 0.25) is 0 Å². The fraction of sp³-hybridized carbons (Fsp3) is 0.700. The van der Waals surface area contributed by atoms with Gasteiger partial charge in [0, 0.05) is 4.88 Å². The van der Waals surface area contributed by atoms with Crippen LogP contribution in [-0.4, -0.2) is 38.1 Å². The lowest BCUT2D eigenvalue weighted by Crippen LogP contribution is -3.12. The fourth-order valence-corrected chi connectivity index (χ4v) is 5.32. The normalized spacial score (nSPS) is 18.0. The highest BCUT2D eigenvalue weighted by Gasteiger charge is 2.26. The van der Waals surface area contributed by atoms with E-state index in [1.54, 1.807) is 11.3 Å². The molecule has 26 heavy (non-hydrogen) atoms. The number of nitrogens with one attached hydrogen (secondary N) is 2. The number of aryl methyl sites for hydroxylation is 1. The summed E-state index contributed by atoms with van der Waals surface area (Å²) in [7, 11) is 0. The SMILES string of the molecule is CCOC(=O)c1c(NC(=O)CC[NH+]2CCCCC2)sc2c1CCCCC2. The summed E-state index contributed by atoms with van der Waals surface area (Å²) in [5.41, 5.74) is 1.73. The van der Waals surface area contributed by atoms with Gasteiger partial charge in [0.2, 0.25) is 5.91 Å². The Bertz CT molecular complexity index is 635. The van der Waals surface area contributed by atoms with Crippen molar-refractivity contribution >= 4 is 28.2 Å². The predicted molar refractivity (Wildman–Crippen MR) is 104 cm³/mol. The topological polar surface area (TPSA) is 59.8 Å². The molecule has 1 amide bonds. The van der Waals surface area contributed by atoms with Crippen molar-refractivity contribution in [1.82, 2.24) is 0 Å². The third-order valence-corrected chi connectivity index (χ3v) is 6.63. The van der Waals surface area contributed by atoms with Crippen LogP contribution in [0, 0.1) is 0 Å². The van der Waals surface area contributed by atoms with E-state index in [9.17, 15) is 9.59 Å². The van der Waals surface area contributed by atoms with Crippen molar-refractivity contribution in [1.29, 1.82) is 0 Å². The smallest absolute Gasteiger partial charge is 0.341 e. The quantitative estimate of drug-likeness (QED) is 0.590. The van der Waals surface area contributed by atoms with E-state index in [1.807, 2.05) is 6.92 Å². The molecule has 0 bridgehead atoms. The number of rotatable bonds is 6. The third-order valence-electron chi connectivity index (χ3n) is 5.42. The number of quaternary nitrogens is 1. The maximum absolute atomic E-state index is 12.5. The number of piperidine rings is 1. The van der Waals surface area contributed by atoms with Gasteiger partial charge in [0.05, 0.1) is 38.2 Å². The number of amides is 1. The maximum Gasteiger partial charge on any atom is 0.341 e. The first-order valence-electron chi connectivity index (χ1n) is 10.1. The summed E-state index contributed by atoms with van der Waals surface area (Å²) in [5.74, 6) is -0.270. The van der Waals surface area contributed by atoms with Gasteiger partial charge in [0.25, 0.3) is 0 Å². The zero-order valence-electron chi connectivity index (χ0n) is 15.8. The van der Waals surface area contributed by atoms with Gasteiger partial charge >= 0.3 is 5.97 Å². The summed E-state index contributed by atoms with van der Waals surface area (Å²) in [5, 5.41) is 3.74. The Morgan fingerprint density at radius 1 is 1.08 bits per heavy atom. The van der Waals surface area contributed by atoms with E-state index in [0.717, 1.165) is 37.8 Å². The predicted octanol–water partition coefficient (Wildman–Crippen LogP) is 2.59. The highest BCUT2D eigenvalue weighted by molar-refractivity contribution is 7.17. The Morgan fingerprint density at radius 3 is 2.58 bits per heavy atom. The molecule has 1 saturated heterocycles. The second-order valence-corrected chi connectivity index (χ2v) is 8.45. The molecular formula is C20H31N2O3S+. The van der Waals surface area contributed by atoms with E-state index in [1.165, 1.54) is 48.5 Å². The number of hydrogen-bond acceptors (Lipinski definition) is 4. The molecule has 1 fully saturated rings. The monoisotopic (exact) mass is 379 g/mol. The number of esters is 1. The molecule has 2 N–H and O–H groups in total. The number of likely N-dealkylation sites (tertiary alicyclic amines) is 1. The Balaban J connectivity index is 1.69. The molecule has 1 aliphatic heterocycles. The van der Waals surface area contributed by atoms with Crippen molar-refractivity contribution in [2.24, 2.45) is 0 Å². The van der Waals surface area contributed by atoms with Gasteiger partial charge in [-0.1, -0.05) is 6.42 Å². The van der Waals surface area contributed by atoms with Crippen LogP contribution in [0.15, 0.2) is 0 Å². The van der Waals surface area contributed by atoms with Gasteiger partial charge < -0.3 is 15.0 Å². The molecule has 0 unspecified atom stereocenters. The lowest BCUT2D eigenvalue weighted by molar-refractivity contribution is -0.904. The van der Waals surface area contributed by atoms with Gasteiger partial charge in [-0.2, -0.15) is 0 Å². The molecule has 1 aromatic heterocycles. The van der Waals surface area contributed by atoms with E-state index in [4.69, 9.17) is 4.74 Å². The zero-order valence-corrected chi connectivity index (χ0v) is 16.6. The molecular weight excluding hydrogens is 348 g/mol. The van der Waals surface area contributed by atoms with Crippen molar-refractivity contribution in [3.63, 3.8) is 0 Å². The minimum Gasteiger partial charge on any atom is -0.462 e. The molecule has 6 heteroatoms. The molecule has 0 spiro atoms. The molecule has 2 aliphatic rings. The first kappa shape index (κ1) is 19.4. The molecule has 144 valence electrons. The second kappa shape index (κ2) is 9.51. The van der Waals surface area contributed by atoms with Crippen molar-refractivity contribution in [3.8, 4) is 0 Å². The molecule has 5 nitrogen and oxygen atoms in total. The largest absolute Gasteiger partial charge is 0.462 e. The summed E-state index contributed by atoms with van der Waals surface area (Å²) in [6, 6.07) is 0. The molecule has 0 atom stereocenters. The number of carbonyl (C=O) groups is 2. The first-order valence-corrected chi connectivity index (χ1v) is 11.0. The maximum atomic E-state index is 12.5. The van der Waals surface area contributed by atoms with Crippen LogP contribution in [0.5, 0.6) is 0 Å². The highest BCUT2D eigenvalue weighted by Crippen LogP contribution is 2.38. The average molecular weight is 380 g/mol. The minimum atomic E-state index is -0.288. The van der Waals surface area contributed by atoms with Crippen LogP contribution < -0.4 is 10.2 Å². The lowest BCUT2D eigenvalue weighted by Gasteiger charge is -2.23. The van der Waals surface area contributed by atoms with Crippen LogP contribution in [0.25, 0.3) is 0 Å². The molecule has 0 aromatic carbocycles. The average Bonchev–Trinajstić information content (AvgIpc) is 2.82. The Labute approximate surface area is 160 Å². The van der Waals surface area contributed by atoms with Gasteiger partial charge in [-0.25, -0.2) is 4.79 Å². The summed E-state index contributed by atoms with van der Waals surface area (Å²) in [4.78, 5) is 27.8. The van der Waals surface area contributed by atoms with Crippen LogP contribution in [0.3, 0.4) is 0 Å². The summed E-state index contributed by atoms with van der Waals surface area (Å²) in [6.07, 6.45) is 9.73. The van der Waals surface area contributed by atoms with Gasteiger partial charge in [-0.15, -0.1) is 11.3 Å². The van der Waals surface area contributed by atoms with E-state index < -0.39 is 0 Å². The van der Waals surface area contributed by atoms with Crippen LogP contribution in [0.4, 0.5) is 5.00 Å². The Hall–Kier alpha value is -1.40. The summed E-state index contributed by atoms with van der Waals surface area (Å²) >= 11 is 1.58. The Kier molecular flexibility index (Phi) is 7.08. The van der Waals surface area contributed by atoms with Crippen molar-refractivity contribution < 1.29 is 19.2 Å². The van der Waals surface area contributed by atoms with Gasteiger partial charge in [-0.05, 0) is 57.4 Å². The van der Waals surface area contributed by atoms with Gasteiger partial charge in [0.1, 0.15) is 5.00 Å². The standard InChI is InChI=1S/C20H30N2O3S/c1-2-25-20(24)18-15-9-5-3-6-10-16(15)26-19(18)21-17(23)11-14-22-12-7-4-8-13-22/h2-14H2,1H3,(H,21,23)/p+1. The van der Waals surface area contributed by atoms with Gasteiger partial charge in [-0.3, -0.25) is 4.79 Å². The zero-order chi connectivity index (χ0) is 18.4. The van der Waals surface area contributed by atoms with Crippen LogP contribution >= 0.6 is 11.3 Å². The second-order valence-electron chi connectivity index (χ2n) is 7.35. The number of hydrogen-bond donors (Lipinski definition) is 2. The van der Waals surface area contributed by atoms with Gasteiger partial charge in [0.15, 0.2) is 0 Å². The molecule has 0 radical (unpaired) electrons. The third kappa shape index (κ3) is 4.86. The lowest BCUT2D eigenvalue weighted by atomic mass is 10.1. The summed E-state index contributed by atoms with van der Waals surface area (Å²) < 4.78 is 5.28. The Morgan fingerprint density at radius 2 is 1.81 bits per heavy atom. The number of anilines is 1. The van der Waals surface area contributed by atoms with Crippen molar-refractivity contribution in [3.05, 3.63) is 16.0 Å². The molecule has 1 aliphatic carbocycles. The molecule has 1 aromatic rings. The summed E-state index contributed by atoms with van der Waals surface area (Å²) in [6.45, 7) is 5.41. The number of ether oxygens (including phenoxy) is 1. The fourth-order valence-electron chi connectivity index (χ4n) is 4.03. The van der Waals surface area contributed by atoms with Crippen molar-refractivity contribution in [2.45, 2.75) is 64.7 Å². The first-order chi connectivity index (χ1) is 12.7. The number of fused-ring (bicyclic) bond motifs is 1. The minimum absolute atomic E-state index is 0.0185. The molecule has 0 saturated carbocycles. The molecule has 2 heterocycles.